The highest BCUT2D eigenvalue weighted by atomic mass is 16.2. The molecule has 1 saturated carbocycles. The lowest BCUT2D eigenvalue weighted by Crippen LogP contribution is -2.52. The minimum atomic E-state index is -0.494. The number of aliphatic imine (C=N–C) groups is 2. The van der Waals surface area contributed by atoms with Gasteiger partial charge in [-0.2, -0.15) is 0 Å². The van der Waals surface area contributed by atoms with Crippen molar-refractivity contribution in [3.8, 4) is 0 Å². The second-order valence-corrected chi connectivity index (χ2v) is 7.31. The first-order valence-electron chi connectivity index (χ1n) is 8.39. The van der Waals surface area contributed by atoms with Crippen LogP contribution in [0.5, 0.6) is 0 Å². The number of hydrogen-bond donors (Lipinski definition) is 2. The number of nitrogens with one attached hydrogen (secondary N) is 2. The fourth-order valence-electron chi connectivity index (χ4n) is 3.80. The average Bonchev–Trinajstić information content (AvgIpc) is 2.93. The van der Waals surface area contributed by atoms with Crippen molar-refractivity contribution in [2.45, 2.75) is 33.2 Å². The summed E-state index contributed by atoms with van der Waals surface area (Å²) in [6, 6.07) is 0. The predicted molar refractivity (Wildman–Crippen MR) is 93.5 cm³/mol. The van der Waals surface area contributed by atoms with Crippen LogP contribution in [0.2, 0.25) is 0 Å². The van der Waals surface area contributed by atoms with E-state index in [1.165, 1.54) is 0 Å². The fourth-order valence-corrected chi connectivity index (χ4v) is 3.80. The van der Waals surface area contributed by atoms with E-state index in [4.69, 9.17) is 4.99 Å². The summed E-state index contributed by atoms with van der Waals surface area (Å²) in [5.41, 5.74) is 0.447. The third kappa shape index (κ3) is 3.29. The number of carbonyl (C=O) groups is 1. The van der Waals surface area contributed by atoms with Crippen molar-refractivity contribution in [1.29, 1.82) is 0 Å². The van der Waals surface area contributed by atoms with Gasteiger partial charge in [0.15, 0.2) is 0 Å². The number of rotatable bonds is 3. The molecule has 0 aromatic carbocycles. The van der Waals surface area contributed by atoms with Gasteiger partial charge in [0.05, 0.1) is 11.3 Å². The molecule has 1 unspecified atom stereocenters. The molecule has 0 aromatic heterocycles. The lowest BCUT2D eigenvalue weighted by molar-refractivity contribution is -0.124. The molecular formula is C18H26N4O. The van der Waals surface area contributed by atoms with Gasteiger partial charge in [-0.15, -0.1) is 0 Å². The Hall–Kier alpha value is -1.75. The smallest absolute Gasteiger partial charge is 0.224 e. The minimum absolute atomic E-state index is 0.138. The predicted octanol–water partition coefficient (Wildman–Crippen LogP) is 1.93. The number of carbonyl (C=O) groups excluding carboxylic acids is 1. The van der Waals surface area contributed by atoms with Crippen LogP contribution in [0, 0.1) is 23.7 Å². The lowest BCUT2D eigenvalue weighted by atomic mass is 9.87. The Morgan fingerprint density at radius 1 is 1.30 bits per heavy atom. The molecule has 2 fully saturated rings. The van der Waals surface area contributed by atoms with Crippen LogP contribution in [0.15, 0.2) is 34.4 Å². The Bertz CT molecular complexity index is 605. The van der Waals surface area contributed by atoms with Gasteiger partial charge in [-0.05, 0) is 51.8 Å². The Kier molecular flexibility index (Phi) is 4.23. The standard InChI is InChI=1S/C18H26N4O/c1-11-7-5-6-8-20-12(2)21-16(11)18(3,4)22-17(23)15-13-9-19-10-14(13)15/h5-8,11,13-15,19H,9-10H2,1-4H3,(H,22,23)/b7-5-,8-6-,20-12+,21-16+/t11?,13-,14+,15+. The van der Waals surface area contributed by atoms with Gasteiger partial charge in [0.25, 0.3) is 0 Å². The average molecular weight is 314 g/mol. The van der Waals surface area contributed by atoms with E-state index in [1.54, 1.807) is 6.20 Å². The number of hydrogen-bond acceptors (Lipinski definition) is 4. The Morgan fingerprint density at radius 2 is 2.00 bits per heavy atom. The molecule has 1 amide bonds. The van der Waals surface area contributed by atoms with Crippen LogP contribution in [-0.4, -0.2) is 36.1 Å². The highest BCUT2D eigenvalue weighted by Crippen LogP contribution is 2.48. The van der Waals surface area contributed by atoms with Crippen LogP contribution < -0.4 is 10.6 Å². The first kappa shape index (κ1) is 16.1. The topological polar surface area (TPSA) is 65.8 Å². The molecule has 1 aliphatic carbocycles. The second kappa shape index (κ2) is 6.04. The number of amidine groups is 1. The first-order valence-corrected chi connectivity index (χ1v) is 8.39. The van der Waals surface area contributed by atoms with Crippen LogP contribution in [0.1, 0.15) is 27.7 Å². The van der Waals surface area contributed by atoms with Crippen LogP contribution in [0.25, 0.3) is 0 Å². The van der Waals surface area contributed by atoms with Crippen molar-refractivity contribution in [2.24, 2.45) is 33.7 Å². The molecule has 1 saturated heterocycles. The number of allylic oxidation sites excluding steroid dienone is 3. The molecule has 2 N–H and O–H groups in total. The minimum Gasteiger partial charge on any atom is -0.346 e. The Labute approximate surface area is 138 Å². The van der Waals surface area contributed by atoms with Crippen LogP contribution >= 0.6 is 0 Å². The monoisotopic (exact) mass is 314 g/mol. The van der Waals surface area contributed by atoms with Crippen LogP contribution in [0.3, 0.4) is 0 Å². The summed E-state index contributed by atoms with van der Waals surface area (Å²) in [7, 11) is 0. The molecular weight excluding hydrogens is 288 g/mol. The van der Waals surface area contributed by atoms with E-state index >= 15 is 0 Å². The van der Waals surface area contributed by atoms with Gasteiger partial charge in [-0.1, -0.05) is 19.1 Å². The zero-order valence-corrected chi connectivity index (χ0v) is 14.3. The molecule has 23 heavy (non-hydrogen) atoms. The van der Waals surface area contributed by atoms with Crippen LogP contribution in [0.4, 0.5) is 0 Å². The van der Waals surface area contributed by atoms with E-state index < -0.39 is 5.54 Å². The van der Waals surface area contributed by atoms with Crippen molar-refractivity contribution in [3.05, 3.63) is 24.4 Å². The van der Waals surface area contributed by atoms with Gasteiger partial charge in [-0.3, -0.25) is 4.79 Å². The van der Waals surface area contributed by atoms with Crippen molar-refractivity contribution in [2.75, 3.05) is 13.1 Å². The maximum absolute atomic E-state index is 12.6. The molecule has 5 nitrogen and oxygen atoms in total. The Morgan fingerprint density at radius 3 is 2.70 bits per heavy atom. The quantitative estimate of drug-likeness (QED) is 0.836. The highest BCUT2D eigenvalue weighted by molar-refractivity contribution is 6.05. The zero-order chi connectivity index (χ0) is 16.6. The summed E-state index contributed by atoms with van der Waals surface area (Å²) in [5, 5.41) is 6.56. The molecule has 5 heteroatoms. The van der Waals surface area contributed by atoms with E-state index in [0.717, 1.165) is 18.8 Å². The van der Waals surface area contributed by atoms with Gasteiger partial charge in [0, 0.05) is 18.0 Å². The third-order valence-corrected chi connectivity index (χ3v) is 5.04. The SMILES string of the molecule is CC1=N\C=C/C=C\C(C)/C(C(C)(C)NC(=O)[C@H]2[C@@H]3CNC[C@@H]32)=N\1. The van der Waals surface area contributed by atoms with E-state index in [0.29, 0.717) is 17.7 Å². The van der Waals surface area contributed by atoms with Crippen molar-refractivity contribution >= 4 is 17.5 Å². The molecule has 0 radical (unpaired) electrons. The molecule has 3 aliphatic rings. The maximum Gasteiger partial charge on any atom is 0.224 e. The molecule has 0 aromatic rings. The number of piperidine rings is 1. The summed E-state index contributed by atoms with van der Waals surface area (Å²) in [6.07, 6.45) is 7.72. The largest absolute Gasteiger partial charge is 0.346 e. The van der Waals surface area contributed by atoms with E-state index in [1.807, 2.05) is 32.9 Å². The summed E-state index contributed by atoms with van der Waals surface area (Å²) in [6.45, 7) is 10.00. The molecule has 0 bridgehead atoms. The summed E-state index contributed by atoms with van der Waals surface area (Å²) in [4.78, 5) is 21.6. The molecule has 4 atom stereocenters. The maximum atomic E-state index is 12.6. The third-order valence-electron chi connectivity index (χ3n) is 5.04. The molecule has 0 spiro atoms. The number of nitrogens with zero attached hydrogens (tertiary/aromatic N) is 2. The first-order chi connectivity index (χ1) is 10.9. The Balaban J connectivity index is 1.77. The van der Waals surface area contributed by atoms with E-state index in [9.17, 15) is 4.79 Å². The second-order valence-electron chi connectivity index (χ2n) is 7.31. The number of amides is 1. The summed E-state index contributed by atoms with van der Waals surface area (Å²) < 4.78 is 0. The zero-order valence-electron chi connectivity index (χ0n) is 14.3. The summed E-state index contributed by atoms with van der Waals surface area (Å²) in [5.74, 6) is 2.24. The van der Waals surface area contributed by atoms with Gasteiger partial charge < -0.3 is 10.6 Å². The molecule has 124 valence electrons. The van der Waals surface area contributed by atoms with E-state index in [-0.39, 0.29) is 17.7 Å². The van der Waals surface area contributed by atoms with E-state index in [2.05, 4.69) is 28.6 Å². The van der Waals surface area contributed by atoms with Crippen molar-refractivity contribution in [3.63, 3.8) is 0 Å². The highest BCUT2D eigenvalue weighted by Gasteiger charge is 2.57. The molecule has 2 heterocycles. The van der Waals surface area contributed by atoms with Gasteiger partial charge in [0.2, 0.25) is 5.91 Å². The van der Waals surface area contributed by atoms with Gasteiger partial charge in [0.1, 0.15) is 5.84 Å². The van der Waals surface area contributed by atoms with Gasteiger partial charge >= 0.3 is 0 Å². The van der Waals surface area contributed by atoms with Crippen molar-refractivity contribution < 1.29 is 4.79 Å². The van der Waals surface area contributed by atoms with Crippen molar-refractivity contribution in [1.82, 2.24) is 10.6 Å². The lowest BCUT2D eigenvalue weighted by Gasteiger charge is -2.31. The molecule has 2 aliphatic heterocycles. The normalized spacial score (nSPS) is 40.3. The molecule has 3 rings (SSSR count). The fraction of sp³-hybridized carbons (Fsp3) is 0.611. The van der Waals surface area contributed by atoms with Gasteiger partial charge in [-0.25, -0.2) is 9.98 Å². The number of fused-ring (bicyclic) bond motifs is 1. The summed E-state index contributed by atoms with van der Waals surface area (Å²) >= 11 is 0. The van der Waals surface area contributed by atoms with Crippen LogP contribution in [-0.2, 0) is 4.79 Å².